The molecule has 23 heavy (non-hydrogen) atoms. The van der Waals surface area contributed by atoms with Gasteiger partial charge in [0.25, 0.3) is 0 Å². The van der Waals surface area contributed by atoms with Crippen molar-refractivity contribution in [1.82, 2.24) is 0 Å². The zero-order valence-corrected chi connectivity index (χ0v) is 16.1. The van der Waals surface area contributed by atoms with Crippen LogP contribution in [0.1, 0.15) is 79.6 Å². The van der Waals surface area contributed by atoms with Crippen LogP contribution in [0.3, 0.4) is 0 Å². The lowest BCUT2D eigenvalue weighted by Crippen LogP contribution is -2.49. The van der Waals surface area contributed by atoms with Gasteiger partial charge in [0.15, 0.2) is 0 Å². The molecule has 0 radical (unpaired) electrons. The minimum absolute atomic E-state index is 0.0689. The average molecular weight is 321 g/mol. The van der Waals surface area contributed by atoms with Crippen molar-refractivity contribution in [2.24, 2.45) is 28.6 Å². The fourth-order valence-electron chi connectivity index (χ4n) is 5.36. The molecule has 1 fully saturated rings. The highest BCUT2D eigenvalue weighted by Crippen LogP contribution is 2.61. The van der Waals surface area contributed by atoms with Crippen molar-refractivity contribution in [2.75, 3.05) is 7.11 Å². The van der Waals surface area contributed by atoms with Gasteiger partial charge in [-0.15, -0.1) is 0 Å². The highest BCUT2D eigenvalue weighted by Gasteiger charge is 2.52. The fourth-order valence-corrected chi connectivity index (χ4v) is 5.36. The van der Waals surface area contributed by atoms with Gasteiger partial charge in [-0.3, -0.25) is 4.79 Å². The quantitative estimate of drug-likeness (QED) is 0.475. The normalized spacial score (nSPS) is 38.4. The largest absolute Gasteiger partial charge is 0.469 e. The van der Waals surface area contributed by atoms with Crippen LogP contribution in [0.25, 0.3) is 0 Å². The van der Waals surface area contributed by atoms with Gasteiger partial charge in [-0.25, -0.2) is 0 Å². The van der Waals surface area contributed by atoms with Gasteiger partial charge in [-0.1, -0.05) is 39.3 Å². The number of hydrogen-bond acceptors (Lipinski definition) is 2. The maximum atomic E-state index is 11.5. The molecule has 1 saturated carbocycles. The highest BCUT2D eigenvalue weighted by molar-refractivity contribution is 5.69. The number of ether oxygens (including phenoxy) is 1. The molecule has 0 unspecified atom stereocenters. The van der Waals surface area contributed by atoms with E-state index in [1.807, 2.05) is 0 Å². The Balaban J connectivity index is 2.11. The van der Waals surface area contributed by atoms with Crippen LogP contribution in [0.4, 0.5) is 0 Å². The Morgan fingerprint density at radius 3 is 2.74 bits per heavy atom. The maximum absolute atomic E-state index is 11.5. The predicted octanol–water partition coefficient (Wildman–Crippen LogP) is 5.76. The van der Waals surface area contributed by atoms with E-state index < -0.39 is 0 Å². The standard InChI is InChI=1S/C21H36O2/c1-15(14-19(22)23-6)10-12-20(4)17(3)11-13-21(5)16(2)8-7-9-18(20)21/h8,15,17-18H,7,9-14H2,1-6H3/t15-,17+,18+,20-,21+/m1/s1. The monoisotopic (exact) mass is 320 g/mol. The number of hydrogen-bond donors (Lipinski definition) is 0. The van der Waals surface area contributed by atoms with Crippen LogP contribution >= 0.6 is 0 Å². The van der Waals surface area contributed by atoms with Crippen LogP contribution in [0.15, 0.2) is 11.6 Å². The van der Waals surface area contributed by atoms with E-state index in [0.29, 0.717) is 23.2 Å². The van der Waals surface area contributed by atoms with Gasteiger partial charge in [0.1, 0.15) is 0 Å². The summed E-state index contributed by atoms with van der Waals surface area (Å²) in [7, 11) is 1.49. The predicted molar refractivity (Wildman–Crippen MR) is 96.1 cm³/mol. The molecular weight excluding hydrogens is 284 g/mol. The lowest BCUT2D eigenvalue weighted by atomic mass is 9.47. The SMILES string of the molecule is COC(=O)C[C@H](C)CC[C@]1(C)[C@@H](C)CC[C@@]2(C)C(C)=CCC[C@@H]12. The van der Waals surface area contributed by atoms with Gasteiger partial charge in [0, 0.05) is 6.42 Å². The zero-order valence-electron chi connectivity index (χ0n) is 16.1. The summed E-state index contributed by atoms with van der Waals surface area (Å²) in [6.45, 7) is 12.0. The first-order valence-electron chi connectivity index (χ1n) is 9.48. The molecular formula is C21H36O2. The molecule has 0 N–H and O–H groups in total. The van der Waals surface area contributed by atoms with Gasteiger partial charge in [-0.2, -0.15) is 0 Å². The Bertz CT molecular complexity index is 466. The van der Waals surface area contributed by atoms with Gasteiger partial charge in [0.05, 0.1) is 7.11 Å². The van der Waals surface area contributed by atoms with Crippen LogP contribution in [0.2, 0.25) is 0 Å². The minimum atomic E-state index is -0.0689. The van der Waals surface area contributed by atoms with Crippen LogP contribution in [-0.2, 0) is 9.53 Å². The third-order valence-corrected chi connectivity index (χ3v) is 7.51. The summed E-state index contributed by atoms with van der Waals surface area (Å²) >= 11 is 0. The van der Waals surface area contributed by atoms with Crippen molar-refractivity contribution >= 4 is 5.97 Å². The average Bonchev–Trinajstić information content (AvgIpc) is 2.52. The fraction of sp³-hybridized carbons (Fsp3) is 0.857. The van der Waals surface area contributed by atoms with Crippen LogP contribution in [0, 0.1) is 28.6 Å². The van der Waals surface area contributed by atoms with Crippen molar-refractivity contribution in [3.05, 3.63) is 11.6 Å². The maximum Gasteiger partial charge on any atom is 0.305 e. The molecule has 0 bridgehead atoms. The molecule has 0 spiro atoms. The second-order valence-corrected chi connectivity index (χ2v) is 8.80. The van der Waals surface area contributed by atoms with Crippen LogP contribution in [0.5, 0.6) is 0 Å². The van der Waals surface area contributed by atoms with Gasteiger partial charge >= 0.3 is 5.97 Å². The Morgan fingerprint density at radius 2 is 2.09 bits per heavy atom. The molecule has 5 atom stereocenters. The smallest absolute Gasteiger partial charge is 0.305 e. The third-order valence-electron chi connectivity index (χ3n) is 7.51. The number of fused-ring (bicyclic) bond motifs is 1. The third kappa shape index (κ3) is 3.51. The van der Waals surface area contributed by atoms with E-state index in [9.17, 15) is 4.79 Å². The van der Waals surface area contributed by atoms with Gasteiger partial charge < -0.3 is 4.74 Å². The Hall–Kier alpha value is -0.790. The Kier molecular flexibility index (Phi) is 5.63. The summed E-state index contributed by atoms with van der Waals surface area (Å²) in [5.41, 5.74) is 2.41. The number of esters is 1. The summed E-state index contributed by atoms with van der Waals surface area (Å²) < 4.78 is 4.83. The molecule has 0 amide bonds. The molecule has 0 heterocycles. The van der Waals surface area contributed by atoms with Crippen molar-refractivity contribution in [1.29, 1.82) is 0 Å². The summed E-state index contributed by atoms with van der Waals surface area (Å²) in [6, 6.07) is 0. The van der Waals surface area contributed by atoms with Gasteiger partial charge in [0.2, 0.25) is 0 Å². The van der Waals surface area contributed by atoms with Crippen molar-refractivity contribution in [3.63, 3.8) is 0 Å². The first-order valence-corrected chi connectivity index (χ1v) is 9.48. The molecule has 0 aromatic carbocycles. The van der Waals surface area contributed by atoms with E-state index in [4.69, 9.17) is 4.74 Å². The second kappa shape index (κ2) is 6.99. The van der Waals surface area contributed by atoms with E-state index in [1.54, 1.807) is 5.57 Å². The molecule has 2 nitrogen and oxygen atoms in total. The molecule has 2 aliphatic carbocycles. The second-order valence-electron chi connectivity index (χ2n) is 8.80. The van der Waals surface area contributed by atoms with E-state index in [0.717, 1.165) is 18.3 Å². The summed E-state index contributed by atoms with van der Waals surface area (Å²) in [4.78, 5) is 11.5. The topological polar surface area (TPSA) is 26.3 Å². The van der Waals surface area contributed by atoms with Crippen LogP contribution < -0.4 is 0 Å². The summed E-state index contributed by atoms with van der Waals surface area (Å²) in [5, 5.41) is 0. The van der Waals surface area contributed by atoms with Gasteiger partial charge in [-0.05, 0) is 74.0 Å². The number of carbonyl (C=O) groups is 1. The number of allylic oxidation sites excluding steroid dienone is 2. The zero-order chi connectivity index (χ0) is 17.3. The van der Waals surface area contributed by atoms with E-state index in [-0.39, 0.29) is 5.97 Å². The molecule has 0 aliphatic heterocycles. The number of carbonyl (C=O) groups excluding carboxylic acids is 1. The van der Waals surface area contributed by atoms with E-state index in [2.05, 4.69) is 40.7 Å². The van der Waals surface area contributed by atoms with Crippen molar-refractivity contribution < 1.29 is 9.53 Å². The molecule has 2 aliphatic rings. The first kappa shape index (κ1) is 18.5. The summed E-state index contributed by atoms with van der Waals surface area (Å²) in [5.74, 6) is 1.91. The molecule has 2 heteroatoms. The molecule has 0 aromatic heterocycles. The van der Waals surface area contributed by atoms with Crippen molar-refractivity contribution in [3.8, 4) is 0 Å². The highest BCUT2D eigenvalue weighted by atomic mass is 16.5. The van der Waals surface area contributed by atoms with E-state index in [1.165, 1.54) is 39.2 Å². The Morgan fingerprint density at radius 1 is 1.39 bits per heavy atom. The lowest BCUT2D eigenvalue weighted by molar-refractivity contribution is -0.141. The molecule has 132 valence electrons. The van der Waals surface area contributed by atoms with Crippen LogP contribution in [-0.4, -0.2) is 13.1 Å². The molecule has 2 rings (SSSR count). The van der Waals surface area contributed by atoms with E-state index >= 15 is 0 Å². The molecule has 0 aromatic rings. The Labute approximate surface area is 143 Å². The first-order chi connectivity index (χ1) is 10.7. The summed E-state index contributed by atoms with van der Waals surface area (Å²) in [6.07, 6.45) is 10.7. The molecule has 0 saturated heterocycles. The minimum Gasteiger partial charge on any atom is -0.469 e. The number of methoxy groups -OCH3 is 1. The lowest BCUT2D eigenvalue weighted by Gasteiger charge is -2.58. The van der Waals surface area contributed by atoms with Crippen molar-refractivity contribution in [2.45, 2.75) is 79.6 Å². The number of rotatable bonds is 5.